The van der Waals surface area contributed by atoms with Gasteiger partial charge in [0.25, 0.3) is 0 Å². The number of hydrogen-bond donors (Lipinski definition) is 1. The largest absolute Gasteiger partial charge is 0.471 e. The Kier molecular flexibility index (Phi) is 5.03. The molecule has 0 radical (unpaired) electrons. The zero-order valence-corrected chi connectivity index (χ0v) is 17.1. The second-order valence-electron chi connectivity index (χ2n) is 9.04. The number of amides is 1. The molecular formula is C22H25F3N4O2. The van der Waals surface area contributed by atoms with Gasteiger partial charge in [0.05, 0.1) is 0 Å². The smallest absolute Gasteiger partial charge is 0.339 e. The highest BCUT2D eigenvalue weighted by Crippen LogP contribution is 2.48. The number of nitrogens with zero attached hydrogens (tertiary/aromatic N) is 3. The Bertz CT molecular complexity index is 934. The molecule has 0 unspecified atom stereocenters. The van der Waals surface area contributed by atoms with Gasteiger partial charge in [-0.15, -0.1) is 0 Å². The summed E-state index contributed by atoms with van der Waals surface area (Å²) in [5, 5.41) is 7.86. The summed E-state index contributed by atoms with van der Waals surface area (Å²) in [7, 11) is 0. The third-order valence-electron chi connectivity index (χ3n) is 6.86. The Morgan fingerprint density at radius 1 is 1.19 bits per heavy atom. The Morgan fingerprint density at radius 3 is 2.55 bits per heavy atom. The molecule has 2 aliphatic carbocycles. The van der Waals surface area contributed by atoms with E-state index in [1.807, 2.05) is 6.07 Å². The highest BCUT2D eigenvalue weighted by Gasteiger charge is 2.50. The molecule has 0 spiro atoms. The first kappa shape index (κ1) is 20.5. The van der Waals surface area contributed by atoms with Gasteiger partial charge in [-0.1, -0.05) is 35.5 Å². The van der Waals surface area contributed by atoms with Gasteiger partial charge < -0.3 is 14.7 Å². The summed E-state index contributed by atoms with van der Waals surface area (Å²) in [5.74, 6) is -0.139. The lowest BCUT2D eigenvalue weighted by Crippen LogP contribution is -2.45. The lowest BCUT2D eigenvalue weighted by molar-refractivity contribution is -0.186. The number of hydrogen-bond acceptors (Lipinski definition) is 5. The predicted octanol–water partition coefficient (Wildman–Crippen LogP) is 3.52. The number of carbonyl (C=O) groups excluding carboxylic acids is 1. The first-order valence-electron chi connectivity index (χ1n) is 10.8. The van der Waals surface area contributed by atoms with Crippen molar-refractivity contribution in [2.45, 2.75) is 61.6 Å². The van der Waals surface area contributed by atoms with Crippen LogP contribution in [-0.2, 0) is 10.2 Å². The van der Waals surface area contributed by atoms with Crippen molar-refractivity contribution in [1.82, 2.24) is 20.4 Å². The molecule has 2 aromatic rings. The minimum absolute atomic E-state index is 0.0516. The van der Waals surface area contributed by atoms with E-state index in [9.17, 15) is 18.0 Å². The Balaban J connectivity index is 1.15. The number of piperidine rings is 1. The summed E-state index contributed by atoms with van der Waals surface area (Å²) in [4.78, 5) is 16.9. The van der Waals surface area contributed by atoms with Crippen LogP contribution in [0.3, 0.4) is 0 Å². The Morgan fingerprint density at radius 2 is 1.90 bits per heavy atom. The normalized spacial score (nSPS) is 25.5. The second kappa shape index (κ2) is 7.62. The van der Waals surface area contributed by atoms with Crippen molar-refractivity contribution < 1.29 is 22.5 Å². The number of alkyl halides is 3. The summed E-state index contributed by atoms with van der Waals surface area (Å²) in [6.45, 7) is 0.907. The molecule has 1 aliphatic heterocycles. The zero-order valence-electron chi connectivity index (χ0n) is 17.1. The molecule has 1 N–H and O–H groups in total. The number of halogens is 3. The van der Waals surface area contributed by atoms with Crippen molar-refractivity contribution in [3.8, 4) is 0 Å². The van der Waals surface area contributed by atoms with Gasteiger partial charge in [0.15, 0.2) is 5.82 Å². The van der Waals surface area contributed by atoms with Crippen LogP contribution in [0.4, 0.5) is 13.2 Å². The van der Waals surface area contributed by atoms with Crippen LogP contribution in [0, 0.1) is 0 Å². The maximum atomic E-state index is 12.6. The Hall–Kier alpha value is -2.42. The fourth-order valence-electron chi connectivity index (χ4n) is 4.57. The molecule has 1 saturated heterocycles. The molecule has 0 bridgehead atoms. The van der Waals surface area contributed by atoms with Crippen LogP contribution in [-0.4, -0.2) is 52.8 Å². The summed E-state index contributed by atoms with van der Waals surface area (Å²) in [6.07, 6.45) is -0.894. The number of nitrogens with one attached hydrogen (secondary N) is 1. The van der Waals surface area contributed by atoms with Crippen molar-refractivity contribution in [3.63, 3.8) is 0 Å². The fourth-order valence-corrected chi connectivity index (χ4v) is 4.57. The van der Waals surface area contributed by atoms with Crippen LogP contribution < -0.4 is 5.32 Å². The first-order chi connectivity index (χ1) is 14.9. The minimum Gasteiger partial charge on any atom is -0.339 e. The molecule has 3 fully saturated rings. The summed E-state index contributed by atoms with van der Waals surface area (Å²) in [6, 6.07) is 11.0. The average Bonchev–Trinajstić information content (AvgIpc) is 3.68. The van der Waals surface area contributed by atoms with Crippen molar-refractivity contribution in [1.29, 1.82) is 0 Å². The molecular weight excluding hydrogens is 409 g/mol. The van der Waals surface area contributed by atoms with E-state index in [0.29, 0.717) is 36.5 Å². The van der Waals surface area contributed by atoms with E-state index in [2.05, 4.69) is 39.7 Å². The van der Waals surface area contributed by atoms with Gasteiger partial charge in [0.1, 0.15) is 0 Å². The minimum atomic E-state index is -4.82. The first-order valence-corrected chi connectivity index (χ1v) is 10.8. The lowest BCUT2D eigenvalue weighted by Gasteiger charge is -2.30. The van der Waals surface area contributed by atoms with Crippen LogP contribution in [0.5, 0.6) is 0 Å². The average molecular weight is 434 g/mol. The quantitative estimate of drug-likeness (QED) is 0.754. The molecule has 166 valence electrons. The SMILES string of the molecule is O=C(N1CCC(c2nc(C3(CN[C@H]4C[C@@H]4c4ccccc4)CC3)no2)CC1)C(F)(F)F. The van der Waals surface area contributed by atoms with E-state index >= 15 is 0 Å². The van der Waals surface area contributed by atoms with Gasteiger partial charge in [0, 0.05) is 42.9 Å². The van der Waals surface area contributed by atoms with E-state index in [1.165, 1.54) is 5.56 Å². The molecule has 2 saturated carbocycles. The van der Waals surface area contributed by atoms with Crippen LogP contribution in [0.25, 0.3) is 0 Å². The monoisotopic (exact) mass is 434 g/mol. The van der Waals surface area contributed by atoms with Crippen LogP contribution in [0.1, 0.15) is 61.2 Å². The molecule has 3 aliphatic rings. The highest BCUT2D eigenvalue weighted by molar-refractivity contribution is 5.81. The molecule has 1 aromatic carbocycles. The third-order valence-corrected chi connectivity index (χ3v) is 6.86. The van der Waals surface area contributed by atoms with E-state index in [1.54, 1.807) is 0 Å². The Labute approximate surface area is 178 Å². The molecule has 1 amide bonds. The standard InChI is InChI=1S/C22H25F3N4O2/c23-22(24,25)20(30)29-10-6-15(7-11-29)18-27-19(28-31-18)21(8-9-21)13-26-17-12-16(17)14-4-2-1-3-5-14/h1-5,15-17,26H,6-13H2/t16-,17+/m1/s1. The zero-order chi connectivity index (χ0) is 21.6. The predicted molar refractivity (Wildman–Crippen MR) is 105 cm³/mol. The third kappa shape index (κ3) is 4.20. The topological polar surface area (TPSA) is 71.3 Å². The second-order valence-corrected chi connectivity index (χ2v) is 9.04. The molecule has 6 nitrogen and oxygen atoms in total. The summed E-state index contributed by atoms with van der Waals surface area (Å²) in [5.41, 5.74) is 1.26. The number of carbonyl (C=O) groups is 1. The summed E-state index contributed by atoms with van der Waals surface area (Å²) < 4.78 is 43.3. The number of aromatic nitrogens is 2. The summed E-state index contributed by atoms with van der Waals surface area (Å²) >= 11 is 0. The van der Waals surface area contributed by atoms with Crippen molar-refractivity contribution >= 4 is 5.91 Å². The van der Waals surface area contributed by atoms with E-state index in [-0.39, 0.29) is 24.4 Å². The molecule has 1 aromatic heterocycles. The van der Waals surface area contributed by atoms with Gasteiger partial charge in [-0.2, -0.15) is 18.2 Å². The van der Waals surface area contributed by atoms with Crippen molar-refractivity contribution in [3.05, 3.63) is 47.6 Å². The maximum absolute atomic E-state index is 12.6. The molecule has 5 rings (SSSR count). The van der Waals surface area contributed by atoms with Crippen LogP contribution in [0.2, 0.25) is 0 Å². The molecule has 9 heteroatoms. The van der Waals surface area contributed by atoms with Gasteiger partial charge >= 0.3 is 12.1 Å². The van der Waals surface area contributed by atoms with Crippen LogP contribution in [0.15, 0.2) is 34.9 Å². The lowest BCUT2D eigenvalue weighted by atomic mass is 9.96. The van der Waals surface area contributed by atoms with Crippen LogP contribution >= 0.6 is 0 Å². The van der Waals surface area contributed by atoms with Gasteiger partial charge in [-0.05, 0) is 37.7 Å². The van der Waals surface area contributed by atoms with Gasteiger partial charge in [-0.25, -0.2) is 0 Å². The number of rotatable bonds is 6. The van der Waals surface area contributed by atoms with Crippen molar-refractivity contribution in [2.24, 2.45) is 0 Å². The maximum Gasteiger partial charge on any atom is 0.471 e. The van der Waals surface area contributed by atoms with Gasteiger partial charge in [-0.3, -0.25) is 4.79 Å². The van der Waals surface area contributed by atoms with E-state index < -0.39 is 12.1 Å². The highest BCUT2D eigenvalue weighted by atomic mass is 19.4. The van der Waals surface area contributed by atoms with Crippen molar-refractivity contribution in [2.75, 3.05) is 19.6 Å². The van der Waals surface area contributed by atoms with Gasteiger partial charge in [0.2, 0.25) is 5.89 Å². The van der Waals surface area contributed by atoms with E-state index in [4.69, 9.17) is 4.52 Å². The molecule has 2 heterocycles. The molecule has 31 heavy (non-hydrogen) atoms. The van der Waals surface area contributed by atoms with E-state index in [0.717, 1.165) is 30.7 Å². The number of likely N-dealkylation sites (tertiary alicyclic amines) is 1. The fraction of sp³-hybridized carbons (Fsp3) is 0.591. The number of benzene rings is 1. The molecule has 2 atom stereocenters.